The first-order chi connectivity index (χ1) is 20.1. The molecule has 3 heterocycles. The number of aromatic nitrogens is 1. The van der Waals surface area contributed by atoms with Crippen molar-refractivity contribution >= 4 is 31.9 Å². The molecule has 0 radical (unpaired) electrons. The van der Waals surface area contributed by atoms with E-state index >= 15 is 4.39 Å². The van der Waals surface area contributed by atoms with Gasteiger partial charge in [-0.25, -0.2) is 4.39 Å². The van der Waals surface area contributed by atoms with E-state index in [0.29, 0.717) is 36.3 Å². The number of nitrogens with zero attached hydrogens (tertiary/aromatic N) is 2. The van der Waals surface area contributed by atoms with Gasteiger partial charge in [-0.1, -0.05) is 0 Å². The van der Waals surface area contributed by atoms with E-state index < -0.39 is 36.0 Å². The molecule has 5 rings (SSSR count). The number of aryl methyl sites for hydroxylation is 1. The monoisotopic (exact) mass is 602 g/mol. The molecule has 2 aliphatic rings. The van der Waals surface area contributed by atoms with Crippen LogP contribution in [0, 0.1) is 18.7 Å². The van der Waals surface area contributed by atoms with Gasteiger partial charge >= 0.3 is 6.61 Å². The Balaban J connectivity index is 1.53. The van der Waals surface area contributed by atoms with E-state index in [9.17, 15) is 23.2 Å². The van der Waals surface area contributed by atoms with Crippen LogP contribution in [0.1, 0.15) is 46.3 Å². The van der Waals surface area contributed by atoms with Gasteiger partial charge in [-0.05, 0) is 60.6 Å². The third-order valence-electron chi connectivity index (χ3n) is 7.86. The highest BCUT2D eigenvalue weighted by atomic mass is 31.0. The van der Waals surface area contributed by atoms with Crippen molar-refractivity contribution in [2.24, 2.45) is 5.92 Å². The Morgan fingerprint density at radius 1 is 1.14 bits per heavy atom. The number of carbonyl (C=O) groups is 2. The first-order valence-corrected chi connectivity index (χ1v) is 14.0. The van der Waals surface area contributed by atoms with Crippen LogP contribution in [0.3, 0.4) is 0 Å². The van der Waals surface area contributed by atoms with Gasteiger partial charge in [0, 0.05) is 48.9 Å². The van der Waals surface area contributed by atoms with Gasteiger partial charge in [0.2, 0.25) is 5.91 Å². The number of hydrogen-bond acceptors (Lipinski definition) is 6. The predicted octanol–water partition coefficient (Wildman–Crippen LogP) is 4.39. The zero-order valence-corrected chi connectivity index (χ0v) is 24.2. The zero-order chi connectivity index (χ0) is 30.1. The molecule has 12 heteroatoms. The number of rotatable bonds is 9. The van der Waals surface area contributed by atoms with E-state index in [2.05, 4.69) is 14.0 Å². The standard InChI is InChI=1S/C30H30F3N2O6P/c1-16-7-9-34(18-8-10-40-15-18)29(38)27(16)35-14-22(26-23(31)11-20(39-2)12-25(26)42)21(28(35)37)13-24(36)17-3-5-19(6-4-17)41-30(32)33/h3-7,9,11-12,18,21-22,30H,8,10,13-15,42H2,1-2H3/t18?,21-,22+/m0/s1. The number of benzene rings is 2. The SMILES string of the molecule is COc1cc(F)c([C@@H]2CN(c3c(C)ccn(C4CCOC4)c3=O)C(=O)[C@H]2CC(=O)c2ccc(OC(F)F)cc2)c(P)c1. The van der Waals surface area contributed by atoms with Crippen LogP contribution >= 0.6 is 9.24 Å². The van der Waals surface area contributed by atoms with E-state index in [1.807, 2.05) is 0 Å². The molecule has 0 N–H and O–H groups in total. The van der Waals surface area contributed by atoms with E-state index in [-0.39, 0.29) is 47.1 Å². The number of Topliss-reactive ketones (excluding diaryl/α,β-unsaturated/α-hetero) is 1. The Morgan fingerprint density at radius 2 is 1.88 bits per heavy atom. The topological polar surface area (TPSA) is 87.1 Å². The fourth-order valence-electron chi connectivity index (χ4n) is 5.76. The minimum atomic E-state index is -3.01. The molecule has 1 aromatic heterocycles. The third kappa shape index (κ3) is 5.80. The lowest BCUT2D eigenvalue weighted by molar-refractivity contribution is -0.120. The third-order valence-corrected chi connectivity index (χ3v) is 8.34. The lowest BCUT2D eigenvalue weighted by Gasteiger charge is -2.22. The Kier molecular flexibility index (Phi) is 8.70. The summed E-state index contributed by atoms with van der Waals surface area (Å²) in [4.78, 5) is 42.5. The van der Waals surface area contributed by atoms with Crippen LogP contribution in [0.15, 0.2) is 53.5 Å². The average molecular weight is 603 g/mol. The number of ketones is 1. The largest absolute Gasteiger partial charge is 0.497 e. The number of alkyl halides is 2. The van der Waals surface area contributed by atoms with E-state index in [1.165, 1.54) is 42.3 Å². The van der Waals surface area contributed by atoms with Crippen molar-refractivity contribution in [1.82, 2.24) is 4.57 Å². The van der Waals surface area contributed by atoms with Gasteiger partial charge in [0.1, 0.15) is 23.0 Å². The van der Waals surface area contributed by atoms with Crippen LogP contribution < -0.4 is 25.2 Å². The molecule has 0 spiro atoms. The van der Waals surface area contributed by atoms with Gasteiger partial charge < -0.3 is 23.7 Å². The molecule has 2 unspecified atom stereocenters. The molecule has 1 amide bonds. The van der Waals surface area contributed by atoms with Gasteiger partial charge in [-0.3, -0.25) is 14.4 Å². The normalized spacial score (nSPS) is 20.4. The molecule has 0 aliphatic carbocycles. The maximum Gasteiger partial charge on any atom is 0.387 e. The van der Waals surface area contributed by atoms with E-state index in [1.54, 1.807) is 29.8 Å². The lowest BCUT2D eigenvalue weighted by atomic mass is 9.84. The van der Waals surface area contributed by atoms with Crippen molar-refractivity contribution in [3.8, 4) is 11.5 Å². The quantitative estimate of drug-likeness (QED) is 0.267. The summed E-state index contributed by atoms with van der Waals surface area (Å²) < 4.78 is 57.2. The summed E-state index contributed by atoms with van der Waals surface area (Å²) in [6, 6.07) is 9.59. The maximum atomic E-state index is 15.6. The highest BCUT2D eigenvalue weighted by Gasteiger charge is 2.45. The van der Waals surface area contributed by atoms with Crippen molar-refractivity contribution in [1.29, 1.82) is 0 Å². The summed E-state index contributed by atoms with van der Waals surface area (Å²) in [6.07, 6.45) is 2.05. The van der Waals surface area contributed by atoms with Crippen molar-refractivity contribution < 1.29 is 37.0 Å². The second kappa shape index (κ2) is 12.3. The number of halogens is 3. The maximum absolute atomic E-state index is 15.6. The summed E-state index contributed by atoms with van der Waals surface area (Å²) in [6.45, 7) is -0.403. The molecule has 2 fully saturated rings. The van der Waals surface area contributed by atoms with Gasteiger partial charge in [-0.15, -0.1) is 9.24 Å². The minimum Gasteiger partial charge on any atom is -0.497 e. The molecule has 42 heavy (non-hydrogen) atoms. The zero-order valence-electron chi connectivity index (χ0n) is 23.0. The van der Waals surface area contributed by atoms with Crippen LogP contribution in [0.5, 0.6) is 11.5 Å². The fourth-order valence-corrected chi connectivity index (χ4v) is 6.28. The fraction of sp³-hybridized carbons (Fsp3) is 0.367. The predicted molar refractivity (Wildman–Crippen MR) is 153 cm³/mol. The molecule has 2 aromatic carbocycles. The van der Waals surface area contributed by atoms with Crippen molar-refractivity contribution in [3.63, 3.8) is 0 Å². The molecular formula is C30H30F3N2O6P. The van der Waals surface area contributed by atoms with E-state index in [4.69, 9.17) is 9.47 Å². The van der Waals surface area contributed by atoms with Crippen LogP contribution in [0.4, 0.5) is 18.9 Å². The molecule has 2 saturated heterocycles. The Bertz CT molecular complexity index is 1530. The van der Waals surface area contributed by atoms with Gasteiger partial charge in [-0.2, -0.15) is 8.78 Å². The van der Waals surface area contributed by atoms with Crippen molar-refractivity contribution in [3.05, 3.63) is 81.5 Å². The smallest absolute Gasteiger partial charge is 0.387 e. The van der Waals surface area contributed by atoms with Crippen LogP contribution in [-0.4, -0.2) is 49.7 Å². The summed E-state index contributed by atoms with van der Waals surface area (Å²) >= 11 is 0. The summed E-state index contributed by atoms with van der Waals surface area (Å²) in [7, 11) is 3.87. The van der Waals surface area contributed by atoms with Crippen LogP contribution in [0.25, 0.3) is 0 Å². The van der Waals surface area contributed by atoms with E-state index in [0.717, 1.165) is 0 Å². The second-order valence-corrected chi connectivity index (χ2v) is 11.0. The molecule has 0 saturated carbocycles. The number of amides is 1. The number of hydrogen-bond donors (Lipinski definition) is 0. The Labute approximate surface area is 242 Å². The van der Waals surface area contributed by atoms with Gasteiger partial charge in [0.05, 0.1) is 25.7 Å². The molecular weight excluding hydrogens is 572 g/mol. The summed E-state index contributed by atoms with van der Waals surface area (Å²) in [5, 5.41) is 0.461. The van der Waals surface area contributed by atoms with Gasteiger partial charge in [0.15, 0.2) is 5.78 Å². The van der Waals surface area contributed by atoms with Crippen LogP contribution in [0.2, 0.25) is 0 Å². The first kappa shape index (κ1) is 29.8. The average Bonchev–Trinajstić information content (AvgIpc) is 3.58. The molecule has 8 nitrogen and oxygen atoms in total. The molecule has 0 bridgehead atoms. The molecule has 3 aromatic rings. The number of methoxy groups -OCH3 is 1. The van der Waals surface area contributed by atoms with Crippen molar-refractivity contribution in [2.45, 2.75) is 38.3 Å². The number of anilines is 1. The summed E-state index contributed by atoms with van der Waals surface area (Å²) in [5.41, 5.74) is 0.809. The Hall–Kier alpha value is -3.69. The van der Waals surface area contributed by atoms with Gasteiger partial charge in [0.25, 0.3) is 5.56 Å². The Morgan fingerprint density at radius 3 is 2.50 bits per heavy atom. The number of pyridine rings is 1. The number of carbonyl (C=O) groups excluding carboxylic acids is 2. The van der Waals surface area contributed by atoms with Crippen molar-refractivity contribution in [2.75, 3.05) is 31.8 Å². The highest BCUT2D eigenvalue weighted by Crippen LogP contribution is 2.40. The molecule has 2 aliphatic heterocycles. The molecule has 222 valence electrons. The molecule has 4 atom stereocenters. The highest BCUT2D eigenvalue weighted by molar-refractivity contribution is 7.27. The summed E-state index contributed by atoms with van der Waals surface area (Å²) in [5.74, 6) is -3.11. The first-order valence-electron chi connectivity index (χ1n) is 13.4. The lowest BCUT2D eigenvalue weighted by Crippen LogP contribution is -2.36. The second-order valence-electron chi connectivity index (χ2n) is 10.4. The minimum absolute atomic E-state index is 0.0240. The van der Waals surface area contributed by atoms with Crippen LogP contribution in [-0.2, 0) is 9.53 Å². The number of ether oxygens (including phenoxy) is 3.